The largest absolute Gasteiger partial charge is 0.497 e. The zero-order valence-corrected chi connectivity index (χ0v) is 9.28. The topological polar surface area (TPSA) is 95.5 Å². The Kier molecular flexibility index (Phi) is 3.25. The molecule has 0 atom stereocenters. The first-order valence-corrected chi connectivity index (χ1v) is 4.58. The third-order valence-electron chi connectivity index (χ3n) is 1.72. The first kappa shape index (κ1) is 11.4. The molecule has 0 heterocycles. The van der Waals surface area contributed by atoms with E-state index in [0.717, 1.165) is 0 Å². The van der Waals surface area contributed by atoms with Crippen LogP contribution in [0.1, 0.15) is 10.4 Å². The third-order valence-corrected chi connectivity index (χ3v) is 2.33. The van der Waals surface area contributed by atoms with Crippen molar-refractivity contribution in [3.63, 3.8) is 0 Å². The maximum absolute atomic E-state index is 11.0. The molecule has 0 spiro atoms. The highest BCUT2D eigenvalue weighted by atomic mass is 79.9. The number of nitro groups is 1. The van der Waals surface area contributed by atoms with Gasteiger partial charge in [0.25, 0.3) is 11.6 Å². The average Bonchev–Trinajstić information content (AvgIpc) is 2.15. The highest BCUT2D eigenvalue weighted by Crippen LogP contribution is 2.32. The van der Waals surface area contributed by atoms with Gasteiger partial charge in [0.15, 0.2) is 0 Å². The van der Waals surface area contributed by atoms with Crippen LogP contribution in [0, 0.1) is 10.1 Å². The van der Waals surface area contributed by atoms with Gasteiger partial charge < -0.3 is 10.5 Å². The molecule has 0 fully saturated rings. The maximum atomic E-state index is 11.0. The average molecular weight is 275 g/mol. The van der Waals surface area contributed by atoms with E-state index in [1.807, 2.05) is 0 Å². The minimum Gasteiger partial charge on any atom is -0.497 e. The van der Waals surface area contributed by atoms with Crippen molar-refractivity contribution in [2.45, 2.75) is 0 Å². The number of nitro benzene ring substituents is 1. The number of ether oxygens (including phenoxy) is 1. The van der Waals surface area contributed by atoms with Gasteiger partial charge in [0, 0.05) is 6.07 Å². The van der Waals surface area contributed by atoms with Crippen LogP contribution in [0.5, 0.6) is 5.75 Å². The molecule has 0 saturated carbocycles. The Morgan fingerprint density at radius 1 is 1.60 bits per heavy atom. The maximum Gasteiger partial charge on any atom is 0.296 e. The van der Waals surface area contributed by atoms with Crippen LogP contribution in [-0.2, 0) is 0 Å². The SMILES string of the molecule is COc1cc(Br)c([N+](=O)[O-])c(C(N)=O)c1. The van der Waals surface area contributed by atoms with E-state index in [1.165, 1.54) is 19.2 Å². The van der Waals surface area contributed by atoms with Gasteiger partial charge in [-0.25, -0.2) is 0 Å². The predicted molar refractivity (Wildman–Crippen MR) is 55.9 cm³/mol. The second kappa shape index (κ2) is 4.26. The lowest BCUT2D eigenvalue weighted by molar-refractivity contribution is -0.385. The van der Waals surface area contributed by atoms with Gasteiger partial charge in [0.05, 0.1) is 16.5 Å². The molecule has 0 radical (unpaired) electrons. The number of amides is 1. The van der Waals surface area contributed by atoms with E-state index in [0.29, 0.717) is 5.75 Å². The van der Waals surface area contributed by atoms with Gasteiger partial charge >= 0.3 is 0 Å². The van der Waals surface area contributed by atoms with Gasteiger partial charge in [0.1, 0.15) is 11.3 Å². The first-order valence-electron chi connectivity index (χ1n) is 3.79. The van der Waals surface area contributed by atoms with Crippen LogP contribution in [0.2, 0.25) is 0 Å². The molecule has 7 heteroatoms. The number of halogens is 1. The van der Waals surface area contributed by atoms with Crippen LogP contribution in [0.3, 0.4) is 0 Å². The summed E-state index contributed by atoms with van der Waals surface area (Å²) in [5.74, 6) is -0.553. The van der Waals surface area contributed by atoms with E-state index in [2.05, 4.69) is 15.9 Å². The molecule has 1 amide bonds. The van der Waals surface area contributed by atoms with Crippen LogP contribution < -0.4 is 10.5 Å². The Morgan fingerprint density at radius 3 is 2.60 bits per heavy atom. The van der Waals surface area contributed by atoms with Gasteiger partial charge in [-0.1, -0.05) is 0 Å². The van der Waals surface area contributed by atoms with Gasteiger partial charge in [0.2, 0.25) is 0 Å². The molecule has 0 aliphatic rings. The highest BCUT2D eigenvalue weighted by Gasteiger charge is 2.23. The molecule has 0 aliphatic carbocycles. The van der Waals surface area contributed by atoms with Crippen molar-refractivity contribution in [2.24, 2.45) is 5.73 Å². The van der Waals surface area contributed by atoms with Crippen LogP contribution in [0.4, 0.5) is 5.69 Å². The summed E-state index contributed by atoms with van der Waals surface area (Å²) >= 11 is 2.98. The minimum atomic E-state index is -0.874. The number of primary amides is 1. The van der Waals surface area contributed by atoms with E-state index in [1.54, 1.807) is 0 Å². The Hall–Kier alpha value is -1.63. The Balaban J connectivity index is 3.49. The zero-order valence-electron chi connectivity index (χ0n) is 7.69. The number of carbonyl (C=O) groups is 1. The van der Waals surface area contributed by atoms with E-state index in [4.69, 9.17) is 10.5 Å². The predicted octanol–water partition coefficient (Wildman–Crippen LogP) is 1.46. The summed E-state index contributed by atoms with van der Waals surface area (Å²) in [6.45, 7) is 0. The summed E-state index contributed by atoms with van der Waals surface area (Å²) in [5.41, 5.74) is 4.48. The van der Waals surface area contributed by atoms with Crippen molar-refractivity contribution in [3.05, 3.63) is 32.3 Å². The monoisotopic (exact) mass is 274 g/mol. The van der Waals surface area contributed by atoms with Crippen molar-refractivity contribution in [1.82, 2.24) is 0 Å². The molecular formula is C8H7BrN2O4. The van der Waals surface area contributed by atoms with E-state index < -0.39 is 10.8 Å². The Bertz CT molecular complexity index is 433. The lowest BCUT2D eigenvalue weighted by atomic mass is 10.1. The molecule has 0 saturated heterocycles. The zero-order chi connectivity index (χ0) is 11.6. The fourth-order valence-corrected chi connectivity index (χ4v) is 1.65. The van der Waals surface area contributed by atoms with Crippen LogP contribution >= 0.6 is 15.9 Å². The molecular weight excluding hydrogens is 268 g/mol. The normalized spacial score (nSPS) is 9.73. The van der Waals surface area contributed by atoms with Crippen molar-refractivity contribution in [1.29, 1.82) is 0 Å². The summed E-state index contributed by atoms with van der Waals surface area (Å²) < 4.78 is 5.01. The molecule has 1 rings (SSSR count). The highest BCUT2D eigenvalue weighted by molar-refractivity contribution is 9.10. The molecule has 0 aliphatic heterocycles. The number of rotatable bonds is 3. The lowest BCUT2D eigenvalue weighted by Crippen LogP contribution is -2.13. The second-order valence-electron chi connectivity index (χ2n) is 2.63. The van der Waals surface area contributed by atoms with Crippen molar-refractivity contribution >= 4 is 27.5 Å². The van der Waals surface area contributed by atoms with Crippen LogP contribution in [0.15, 0.2) is 16.6 Å². The molecule has 0 unspecified atom stereocenters. The first-order chi connectivity index (χ1) is 6.97. The second-order valence-corrected chi connectivity index (χ2v) is 3.48. The molecule has 2 N–H and O–H groups in total. The smallest absolute Gasteiger partial charge is 0.296 e. The molecule has 15 heavy (non-hydrogen) atoms. The fourth-order valence-electron chi connectivity index (χ4n) is 1.07. The van der Waals surface area contributed by atoms with E-state index >= 15 is 0 Å². The third kappa shape index (κ3) is 2.24. The number of nitrogens with zero attached hydrogens (tertiary/aromatic N) is 1. The fraction of sp³-hybridized carbons (Fsp3) is 0.125. The quantitative estimate of drug-likeness (QED) is 0.667. The molecule has 0 bridgehead atoms. The molecule has 1 aromatic carbocycles. The van der Waals surface area contributed by atoms with Crippen LogP contribution in [0.25, 0.3) is 0 Å². The molecule has 6 nitrogen and oxygen atoms in total. The number of methoxy groups -OCH3 is 1. The summed E-state index contributed by atoms with van der Waals surface area (Å²) in [6, 6.07) is 2.62. The summed E-state index contributed by atoms with van der Waals surface area (Å²) in [7, 11) is 1.39. The summed E-state index contributed by atoms with van der Waals surface area (Å²) in [6.07, 6.45) is 0. The standard InChI is InChI=1S/C8H7BrN2O4/c1-15-4-2-5(8(10)12)7(11(13)14)6(9)3-4/h2-3H,1H3,(H2,10,12). The molecule has 1 aromatic rings. The number of benzene rings is 1. The lowest BCUT2D eigenvalue weighted by Gasteiger charge is -2.04. The molecule has 0 aromatic heterocycles. The van der Waals surface area contributed by atoms with Crippen molar-refractivity contribution in [3.8, 4) is 5.75 Å². The van der Waals surface area contributed by atoms with Gasteiger partial charge in [-0.05, 0) is 22.0 Å². The van der Waals surface area contributed by atoms with E-state index in [-0.39, 0.29) is 15.7 Å². The van der Waals surface area contributed by atoms with Gasteiger partial charge in [-0.15, -0.1) is 0 Å². The van der Waals surface area contributed by atoms with E-state index in [9.17, 15) is 14.9 Å². The summed E-state index contributed by atoms with van der Waals surface area (Å²) in [5, 5.41) is 10.7. The Labute approximate surface area is 93.3 Å². The summed E-state index contributed by atoms with van der Waals surface area (Å²) in [4.78, 5) is 21.0. The molecule has 80 valence electrons. The van der Waals surface area contributed by atoms with Crippen molar-refractivity contribution in [2.75, 3.05) is 7.11 Å². The number of hydrogen-bond acceptors (Lipinski definition) is 4. The number of nitrogens with two attached hydrogens (primary N) is 1. The Morgan fingerprint density at radius 2 is 2.20 bits per heavy atom. The number of carbonyl (C=O) groups excluding carboxylic acids is 1. The van der Waals surface area contributed by atoms with Crippen LogP contribution in [-0.4, -0.2) is 17.9 Å². The van der Waals surface area contributed by atoms with Crippen molar-refractivity contribution < 1.29 is 14.5 Å². The van der Waals surface area contributed by atoms with Gasteiger partial charge in [-0.3, -0.25) is 14.9 Å². The number of hydrogen-bond donors (Lipinski definition) is 1. The van der Waals surface area contributed by atoms with Gasteiger partial charge in [-0.2, -0.15) is 0 Å². The minimum absolute atomic E-state index is 0.153.